The summed E-state index contributed by atoms with van der Waals surface area (Å²) in [6, 6.07) is 0. The second-order valence-corrected chi connectivity index (χ2v) is 8.06. The maximum atomic E-state index is 11.3. The Morgan fingerprint density at radius 1 is 0.609 bits per heavy atom. The Morgan fingerprint density at radius 2 is 0.913 bits per heavy atom. The summed E-state index contributed by atoms with van der Waals surface area (Å²) in [5.74, 6) is 1.96. The van der Waals surface area contributed by atoms with Crippen LogP contribution in [0.1, 0.15) is 47.0 Å². The number of thioether (sulfide) groups is 2. The minimum absolute atomic E-state index is 0.0492. The van der Waals surface area contributed by atoms with Crippen molar-refractivity contribution in [2.75, 3.05) is 23.0 Å². The molecule has 0 aliphatic carbocycles. The Morgan fingerprint density at radius 3 is 1.17 bits per heavy atom. The lowest BCUT2D eigenvalue weighted by Gasteiger charge is -2.10. The van der Waals surface area contributed by atoms with E-state index in [-0.39, 0.29) is 23.1 Å². The van der Waals surface area contributed by atoms with Crippen LogP contribution in [0.15, 0.2) is 0 Å². The fourth-order valence-electron chi connectivity index (χ4n) is 2.03. The molecule has 0 aliphatic rings. The van der Waals surface area contributed by atoms with Crippen LogP contribution in [0.4, 0.5) is 0 Å². The smallest absolute Gasteiger partial charge is 0.141 e. The summed E-state index contributed by atoms with van der Waals surface area (Å²) in [6.45, 7) is 5.89. The zero-order valence-electron chi connectivity index (χ0n) is 14.6. The Balaban J connectivity index is 3.64. The van der Waals surface area contributed by atoms with Crippen molar-refractivity contribution in [3.05, 3.63) is 0 Å². The number of carbonyl (C=O) groups excluding carboxylic acids is 4. The number of unbranched alkanes of at least 4 members (excludes halogenated alkanes) is 2. The van der Waals surface area contributed by atoms with Crippen LogP contribution in [0.3, 0.4) is 0 Å². The van der Waals surface area contributed by atoms with E-state index in [2.05, 4.69) is 0 Å². The Bertz CT molecular complexity index is 355. The molecular formula is C17H28O4S2. The summed E-state index contributed by atoms with van der Waals surface area (Å²) in [5.41, 5.74) is 0. The van der Waals surface area contributed by atoms with E-state index in [1.807, 2.05) is 0 Å². The van der Waals surface area contributed by atoms with Gasteiger partial charge in [0.05, 0.1) is 11.8 Å². The predicted molar refractivity (Wildman–Crippen MR) is 98.2 cm³/mol. The molecule has 4 nitrogen and oxygen atoms in total. The predicted octanol–water partition coefficient (Wildman–Crippen LogP) is 3.21. The summed E-state index contributed by atoms with van der Waals surface area (Å²) in [6.07, 6.45) is 3.18. The third kappa shape index (κ3) is 10.7. The first-order valence-electron chi connectivity index (χ1n) is 7.94. The maximum absolute atomic E-state index is 11.3. The quantitative estimate of drug-likeness (QED) is 0.350. The second kappa shape index (κ2) is 12.8. The Hall–Kier alpha value is -0.620. The van der Waals surface area contributed by atoms with E-state index in [0.29, 0.717) is 11.5 Å². The molecule has 0 aromatic rings. The van der Waals surface area contributed by atoms with E-state index in [9.17, 15) is 19.2 Å². The highest BCUT2D eigenvalue weighted by Gasteiger charge is 2.19. The van der Waals surface area contributed by atoms with Gasteiger partial charge in [-0.3, -0.25) is 19.2 Å². The van der Waals surface area contributed by atoms with Crippen LogP contribution in [0.5, 0.6) is 0 Å². The Labute approximate surface area is 147 Å². The average molecular weight is 361 g/mol. The van der Waals surface area contributed by atoms with Crippen LogP contribution in [0.2, 0.25) is 0 Å². The van der Waals surface area contributed by atoms with Gasteiger partial charge in [-0.05, 0) is 52.0 Å². The number of Topliss-reactive ketones (excluding diaryl/α,β-unsaturated/α-hetero) is 4. The molecule has 0 saturated heterocycles. The molecule has 0 fully saturated rings. The van der Waals surface area contributed by atoms with Crippen molar-refractivity contribution in [3.8, 4) is 0 Å². The standard InChI is InChI=1S/C17H28O4S2/c1-12(18)16(13(2)19)10-22-8-6-5-7-9-23-11-17(14(3)20)15(4)21/h16-17H,5-11H2,1-4H3. The van der Waals surface area contributed by atoms with Crippen molar-refractivity contribution in [1.29, 1.82) is 0 Å². The minimum atomic E-state index is -0.453. The summed E-state index contributed by atoms with van der Waals surface area (Å²) in [4.78, 5) is 45.2. The SMILES string of the molecule is CC(=O)C(CSCCCCCSCC(C(C)=O)C(C)=O)C(C)=O. The van der Waals surface area contributed by atoms with Gasteiger partial charge >= 0.3 is 0 Å². The molecule has 0 spiro atoms. The fraction of sp³-hybridized carbons (Fsp3) is 0.765. The van der Waals surface area contributed by atoms with Crippen LogP contribution in [0.25, 0.3) is 0 Å². The van der Waals surface area contributed by atoms with E-state index < -0.39 is 11.8 Å². The van der Waals surface area contributed by atoms with Crippen molar-refractivity contribution in [3.63, 3.8) is 0 Å². The molecule has 0 atom stereocenters. The van der Waals surface area contributed by atoms with Gasteiger partial charge in [0.15, 0.2) is 0 Å². The van der Waals surface area contributed by atoms with Gasteiger partial charge in [-0.2, -0.15) is 23.5 Å². The zero-order chi connectivity index (χ0) is 17.8. The largest absolute Gasteiger partial charge is 0.299 e. The van der Waals surface area contributed by atoms with Crippen LogP contribution in [-0.4, -0.2) is 46.1 Å². The van der Waals surface area contributed by atoms with E-state index in [1.54, 1.807) is 23.5 Å². The topological polar surface area (TPSA) is 68.3 Å². The summed E-state index contributed by atoms with van der Waals surface area (Å²) >= 11 is 3.31. The lowest BCUT2D eigenvalue weighted by atomic mass is 10.0. The van der Waals surface area contributed by atoms with Gasteiger partial charge in [-0.25, -0.2) is 0 Å². The zero-order valence-corrected chi connectivity index (χ0v) is 16.2. The lowest BCUT2D eigenvalue weighted by Crippen LogP contribution is -2.22. The first-order chi connectivity index (χ1) is 10.8. The van der Waals surface area contributed by atoms with E-state index in [0.717, 1.165) is 30.8 Å². The molecule has 0 amide bonds. The van der Waals surface area contributed by atoms with Gasteiger partial charge in [0, 0.05) is 11.5 Å². The molecule has 0 aromatic carbocycles. The van der Waals surface area contributed by atoms with Gasteiger partial charge in [-0.15, -0.1) is 0 Å². The third-order valence-corrected chi connectivity index (χ3v) is 5.90. The molecular weight excluding hydrogens is 332 g/mol. The van der Waals surface area contributed by atoms with Crippen molar-refractivity contribution in [1.82, 2.24) is 0 Å². The molecule has 0 bridgehead atoms. The van der Waals surface area contributed by atoms with Crippen LogP contribution >= 0.6 is 23.5 Å². The summed E-state index contributed by atoms with van der Waals surface area (Å²) < 4.78 is 0. The number of ketones is 4. The molecule has 0 N–H and O–H groups in total. The monoisotopic (exact) mass is 360 g/mol. The van der Waals surface area contributed by atoms with Crippen LogP contribution in [0, 0.1) is 11.8 Å². The molecule has 23 heavy (non-hydrogen) atoms. The summed E-state index contributed by atoms with van der Waals surface area (Å²) in [5, 5.41) is 0. The van der Waals surface area contributed by atoms with E-state index in [1.165, 1.54) is 27.7 Å². The van der Waals surface area contributed by atoms with Gasteiger partial charge in [0.1, 0.15) is 23.1 Å². The molecule has 0 heterocycles. The molecule has 0 rings (SSSR count). The average Bonchev–Trinajstić information content (AvgIpc) is 2.42. The molecule has 0 aromatic heterocycles. The van der Waals surface area contributed by atoms with Crippen LogP contribution < -0.4 is 0 Å². The van der Waals surface area contributed by atoms with E-state index in [4.69, 9.17) is 0 Å². The number of hydrogen-bond acceptors (Lipinski definition) is 6. The molecule has 0 radical (unpaired) electrons. The third-order valence-electron chi connectivity index (χ3n) is 3.61. The second-order valence-electron chi connectivity index (χ2n) is 5.76. The number of rotatable bonds is 14. The van der Waals surface area contributed by atoms with Crippen molar-refractivity contribution in [2.45, 2.75) is 47.0 Å². The maximum Gasteiger partial charge on any atom is 0.141 e. The lowest BCUT2D eigenvalue weighted by molar-refractivity contribution is -0.131. The van der Waals surface area contributed by atoms with Gasteiger partial charge in [0.25, 0.3) is 0 Å². The minimum Gasteiger partial charge on any atom is -0.299 e. The van der Waals surface area contributed by atoms with Crippen molar-refractivity contribution >= 4 is 46.7 Å². The van der Waals surface area contributed by atoms with Crippen LogP contribution in [-0.2, 0) is 19.2 Å². The molecule has 6 heteroatoms. The van der Waals surface area contributed by atoms with Gasteiger partial charge in [0.2, 0.25) is 0 Å². The van der Waals surface area contributed by atoms with Gasteiger partial charge in [-0.1, -0.05) is 6.42 Å². The first-order valence-corrected chi connectivity index (χ1v) is 10.3. The summed E-state index contributed by atoms with van der Waals surface area (Å²) in [7, 11) is 0. The highest BCUT2D eigenvalue weighted by molar-refractivity contribution is 7.99. The highest BCUT2D eigenvalue weighted by atomic mass is 32.2. The first kappa shape index (κ1) is 22.4. The highest BCUT2D eigenvalue weighted by Crippen LogP contribution is 2.16. The Kier molecular flexibility index (Phi) is 12.4. The molecule has 132 valence electrons. The van der Waals surface area contributed by atoms with Crippen molar-refractivity contribution in [2.24, 2.45) is 11.8 Å². The molecule has 0 unspecified atom stereocenters. The van der Waals surface area contributed by atoms with E-state index >= 15 is 0 Å². The normalized spacial score (nSPS) is 11.0. The fourth-order valence-corrected chi connectivity index (χ4v) is 4.59. The molecule has 0 saturated carbocycles. The molecule has 0 aliphatic heterocycles. The number of carbonyl (C=O) groups is 4. The van der Waals surface area contributed by atoms with Gasteiger partial charge < -0.3 is 0 Å². The van der Waals surface area contributed by atoms with Crippen molar-refractivity contribution < 1.29 is 19.2 Å². The number of hydrogen-bond donors (Lipinski definition) is 0.